The summed E-state index contributed by atoms with van der Waals surface area (Å²) in [5, 5.41) is 31.0. The summed E-state index contributed by atoms with van der Waals surface area (Å²) >= 11 is 12.2. The first kappa shape index (κ1) is 26.8. The number of carbonyl (C=O) groups excluding carboxylic acids is 1. The molecule has 0 amide bonds. The van der Waals surface area contributed by atoms with Crippen LogP contribution in [0.5, 0.6) is 11.5 Å². The summed E-state index contributed by atoms with van der Waals surface area (Å²) in [5.41, 5.74) is 1.19. The van der Waals surface area contributed by atoms with E-state index >= 15 is 4.39 Å². The molecule has 0 aliphatic carbocycles. The maximum absolute atomic E-state index is 15.5. The summed E-state index contributed by atoms with van der Waals surface area (Å²) in [5.74, 6) is -2.42. The second kappa shape index (κ2) is 11.9. The van der Waals surface area contributed by atoms with Gasteiger partial charge in [-0.1, -0.05) is 29.3 Å². The van der Waals surface area contributed by atoms with Crippen LogP contribution in [0.1, 0.15) is 36.1 Å². The molecule has 2 aromatic heterocycles. The van der Waals surface area contributed by atoms with Gasteiger partial charge in [0.15, 0.2) is 23.9 Å². The van der Waals surface area contributed by atoms with E-state index in [1.54, 1.807) is 6.07 Å². The minimum absolute atomic E-state index is 0.0140. The van der Waals surface area contributed by atoms with E-state index in [0.717, 1.165) is 0 Å². The smallest absolute Gasteiger partial charge is 0.307 e. The Hall–Kier alpha value is -4.27. The lowest BCUT2D eigenvalue weighted by Crippen LogP contribution is -2.12. The van der Waals surface area contributed by atoms with Gasteiger partial charge >= 0.3 is 11.9 Å². The van der Waals surface area contributed by atoms with E-state index in [-0.39, 0.29) is 65.1 Å². The molecule has 0 atom stereocenters. The van der Waals surface area contributed by atoms with Crippen LogP contribution in [0.4, 0.5) is 4.39 Å². The fourth-order valence-electron chi connectivity index (χ4n) is 3.58. The molecule has 0 saturated heterocycles. The summed E-state index contributed by atoms with van der Waals surface area (Å²) in [6, 6.07) is 10.9. The Bertz CT molecular complexity index is 1570. The molecule has 0 fully saturated rings. The number of ether oxygens (including phenoxy) is 2. The standard InChI is InChI=1S/C25H18Cl2FN5O5/c26-16-8-14(12-29)9-17(11-16)38-24-19(27)5-4-15(23(24)28)10-20-18-6-7-30-31-25(18)33(32-20)13-37-22(36)3-1-2-21(34)35/h4-9,11H,1-3,10,13H2,(H,34,35). The number of esters is 1. The third-order valence-corrected chi connectivity index (χ3v) is 5.84. The topological polar surface area (TPSA) is 140 Å². The normalized spacial score (nSPS) is 10.8. The Balaban J connectivity index is 1.57. The quantitative estimate of drug-likeness (QED) is 0.257. The van der Waals surface area contributed by atoms with Gasteiger partial charge in [-0.3, -0.25) is 9.59 Å². The number of carbonyl (C=O) groups is 2. The molecule has 0 saturated carbocycles. The van der Waals surface area contributed by atoms with Gasteiger partial charge in [-0.2, -0.15) is 15.5 Å². The number of aromatic nitrogens is 4. The Morgan fingerprint density at radius 1 is 1.16 bits per heavy atom. The van der Waals surface area contributed by atoms with E-state index in [1.165, 1.54) is 41.2 Å². The number of halogens is 3. The molecule has 0 bridgehead atoms. The Morgan fingerprint density at radius 3 is 2.74 bits per heavy atom. The molecule has 0 unspecified atom stereocenters. The third-order valence-electron chi connectivity index (χ3n) is 5.32. The van der Waals surface area contributed by atoms with Crippen molar-refractivity contribution in [2.45, 2.75) is 32.4 Å². The van der Waals surface area contributed by atoms with E-state index in [9.17, 15) is 9.59 Å². The fourth-order valence-corrected chi connectivity index (χ4v) is 3.99. The van der Waals surface area contributed by atoms with Gasteiger partial charge < -0.3 is 14.6 Å². The van der Waals surface area contributed by atoms with Crippen molar-refractivity contribution >= 4 is 46.2 Å². The lowest BCUT2D eigenvalue weighted by molar-refractivity contribution is -0.148. The zero-order valence-corrected chi connectivity index (χ0v) is 21.0. The number of carboxylic acids is 1. The number of carboxylic acid groups (broad SMARTS) is 1. The number of aliphatic carboxylic acids is 1. The van der Waals surface area contributed by atoms with Crippen LogP contribution in [0.15, 0.2) is 42.6 Å². The highest BCUT2D eigenvalue weighted by Gasteiger charge is 2.20. The monoisotopic (exact) mass is 557 g/mol. The third kappa shape index (κ3) is 6.34. The van der Waals surface area contributed by atoms with Crippen molar-refractivity contribution in [3.63, 3.8) is 0 Å². The molecule has 38 heavy (non-hydrogen) atoms. The van der Waals surface area contributed by atoms with Crippen LogP contribution < -0.4 is 4.74 Å². The van der Waals surface area contributed by atoms with Crippen LogP contribution in [0, 0.1) is 17.1 Å². The van der Waals surface area contributed by atoms with Crippen LogP contribution in [0.25, 0.3) is 11.0 Å². The van der Waals surface area contributed by atoms with Crippen LogP contribution in [-0.4, -0.2) is 37.0 Å². The number of hydrogen-bond acceptors (Lipinski definition) is 8. The van der Waals surface area contributed by atoms with Crippen molar-refractivity contribution in [3.05, 3.63) is 75.3 Å². The molecule has 13 heteroatoms. The van der Waals surface area contributed by atoms with Crippen LogP contribution >= 0.6 is 23.2 Å². The number of fused-ring (bicyclic) bond motifs is 1. The number of benzene rings is 2. The van der Waals surface area contributed by atoms with Gasteiger partial charge in [-0.05, 0) is 42.3 Å². The number of nitrogens with zero attached hydrogens (tertiary/aromatic N) is 5. The molecule has 0 aliphatic heterocycles. The lowest BCUT2D eigenvalue weighted by Gasteiger charge is -2.12. The first-order valence-electron chi connectivity index (χ1n) is 11.1. The van der Waals surface area contributed by atoms with E-state index in [2.05, 4.69) is 15.3 Å². The van der Waals surface area contributed by atoms with Crippen molar-refractivity contribution in [1.29, 1.82) is 5.26 Å². The molecule has 2 heterocycles. The molecule has 0 aliphatic rings. The molecular formula is C25H18Cl2FN5O5. The van der Waals surface area contributed by atoms with Gasteiger partial charge in [0.25, 0.3) is 0 Å². The highest BCUT2D eigenvalue weighted by Crippen LogP contribution is 2.36. The van der Waals surface area contributed by atoms with Gasteiger partial charge in [0, 0.05) is 29.7 Å². The van der Waals surface area contributed by atoms with E-state index in [0.29, 0.717) is 16.7 Å². The van der Waals surface area contributed by atoms with E-state index in [4.69, 9.17) is 43.0 Å². The molecule has 194 valence electrons. The number of hydrogen-bond donors (Lipinski definition) is 1. The average molecular weight is 558 g/mol. The van der Waals surface area contributed by atoms with Crippen LogP contribution in [0.2, 0.25) is 10.0 Å². The van der Waals surface area contributed by atoms with Crippen molar-refractivity contribution in [3.8, 4) is 17.6 Å². The van der Waals surface area contributed by atoms with Crippen molar-refractivity contribution in [2.24, 2.45) is 0 Å². The first-order valence-corrected chi connectivity index (χ1v) is 11.9. The molecule has 4 rings (SSSR count). The Labute approximate surface area is 225 Å². The predicted molar refractivity (Wildman–Crippen MR) is 133 cm³/mol. The summed E-state index contributed by atoms with van der Waals surface area (Å²) in [4.78, 5) is 22.6. The molecule has 10 nitrogen and oxygen atoms in total. The Kier molecular flexibility index (Phi) is 8.35. The predicted octanol–water partition coefficient (Wildman–Crippen LogP) is 5.28. The zero-order valence-electron chi connectivity index (χ0n) is 19.5. The van der Waals surface area contributed by atoms with E-state index in [1.807, 2.05) is 6.07 Å². The first-order chi connectivity index (χ1) is 18.2. The summed E-state index contributed by atoms with van der Waals surface area (Å²) in [7, 11) is 0. The molecule has 2 aromatic carbocycles. The molecule has 0 spiro atoms. The van der Waals surface area contributed by atoms with Gasteiger partial charge in [-0.15, -0.1) is 5.10 Å². The van der Waals surface area contributed by atoms with Gasteiger partial charge in [-0.25, -0.2) is 9.07 Å². The number of rotatable bonds is 10. The van der Waals surface area contributed by atoms with Gasteiger partial charge in [0.1, 0.15) is 5.75 Å². The van der Waals surface area contributed by atoms with Crippen molar-refractivity contribution < 1.29 is 28.6 Å². The molecular weight excluding hydrogens is 540 g/mol. The minimum Gasteiger partial charge on any atom is -0.481 e. The van der Waals surface area contributed by atoms with E-state index < -0.39 is 17.8 Å². The minimum atomic E-state index is -1.00. The average Bonchev–Trinajstić information content (AvgIpc) is 3.23. The fraction of sp³-hybridized carbons (Fsp3) is 0.200. The molecule has 1 N–H and O–H groups in total. The number of nitriles is 1. The SMILES string of the molecule is N#Cc1cc(Cl)cc(Oc2c(Cl)ccc(Cc3nn(COC(=O)CCCC(=O)O)c4nnccc34)c2F)c1. The summed E-state index contributed by atoms with van der Waals surface area (Å²) in [6.45, 7) is -0.283. The molecule has 4 aromatic rings. The van der Waals surface area contributed by atoms with Crippen LogP contribution in [-0.2, 0) is 27.5 Å². The second-order valence-electron chi connectivity index (χ2n) is 8.02. The summed E-state index contributed by atoms with van der Waals surface area (Å²) < 4.78 is 27.7. The highest BCUT2D eigenvalue weighted by atomic mass is 35.5. The van der Waals surface area contributed by atoms with Gasteiger partial charge in [0.2, 0.25) is 0 Å². The lowest BCUT2D eigenvalue weighted by atomic mass is 10.1. The second-order valence-corrected chi connectivity index (χ2v) is 8.87. The molecule has 0 radical (unpaired) electrons. The zero-order chi connectivity index (χ0) is 27.2. The Morgan fingerprint density at radius 2 is 1.97 bits per heavy atom. The summed E-state index contributed by atoms with van der Waals surface area (Å²) in [6.07, 6.45) is 1.40. The largest absolute Gasteiger partial charge is 0.481 e. The van der Waals surface area contributed by atoms with Crippen molar-refractivity contribution in [2.75, 3.05) is 0 Å². The maximum Gasteiger partial charge on any atom is 0.307 e. The van der Waals surface area contributed by atoms with Crippen LogP contribution in [0.3, 0.4) is 0 Å². The van der Waals surface area contributed by atoms with Gasteiger partial charge in [0.05, 0.1) is 28.5 Å². The maximum atomic E-state index is 15.5. The highest BCUT2D eigenvalue weighted by molar-refractivity contribution is 6.32. The van der Waals surface area contributed by atoms with Crippen molar-refractivity contribution in [1.82, 2.24) is 20.0 Å².